The standard InChI is InChI=1S/C10H12BrClO/c1-10(2,3)6-4-7(11)8(12)5-9(6)13/h4-5,13H,1-3H3. The van der Waals surface area contributed by atoms with Gasteiger partial charge in [-0.25, -0.2) is 0 Å². The van der Waals surface area contributed by atoms with Crippen molar-refractivity contribution < 1.29 is 5.11 Å². The van der Waals surface area contributed by atoms with E-state index in [1.165, 1.54) is 0 Å². The van der Waals surface area contributed by atoms with Crippen LogP contribution in [0.2, 0.25) is 5.02 Å². The van der Waals surface area contributed by atoms with Crippen LogP contribution in [0.15, 0.2) is 16.6 Å². The highest BCUT2D eigenvalue weighted by Gasteiger charge is 2.19. The molecule has 1 aromatic rings. The molecule has 0 aliphatic rings. The zero-order valence-corrected chi connectivity index (χ0v) is 10.2. The normalized spacial score (nSPS) is 11.8. The molecule has 3 heteroatoms. The van der Waals surface area contributed by atoms with E-state index < -0.39 is 0 Å². The van der Waals surface area contributed by atoms with Gasteiger partial charge in [-0.3, -0.25) is 0 Å². The van der Waals surface area contributed by atoms with Gasteiger partial charge in [-0.15, -0.1) is 0 Å². The molecule has 1 nitrogen and oxygen atoms in total. The van der Waals surface area contributed by atoms with Crippen molar-refractivity contribution in [3.8, 4) is 5.75 Å². The Morgan fingerprint density at radius 1 is 1.31 bits per heavy atom. The van der Waals surface area contributed by atoms with E-state index in [2.05, 4.69) is 15.9 Å². The molecule has 72 valence electrons. The van der Waals surface area contributed by atoms with E-state index in [4.69, 9.17) is 11.6 Å². The van der Waals surface area contributed by atoms with Crippen LogP contribution in [0.4, 0.5) is 0 Å². The Hall–Kier alpha value is -0.210. The third kappa shape index (κ3) is 2.38. The molecule has 0 aliphatic carbocycles. The number of benzene rings is 1. The van der Waals surface area contributed by atoms with Gasteiger partial charge in [-0.2, -0.15) is 0 Å². The van der Waals surface area contributed by atoms with Crippen LogP contribution >= 0.6 is 27.5 Å². The quantitative estimate of drug-likeness (QED) is 0.747. The molecule has 0 aromatic heterocycles. The lowest BCUT2D eigenvalue weighted by atomic mass is 9.86. The average molecular weight is 264 g/mol. The number of phenols is 1. The van der Waals surface area contributed by atoms with Gasteiger partial charge >= 0.3 is 0 Å². The van der Waals surface area contributed by atoms with Crippen LogP contribution in [-0.2, 0) is 5.41 Å². The number of hydrogen-bond donors (Lipinski definition) is 1. The Balaban J connectivity index is 3.32. The summed E-state index contributed by atoms with van der Waals surface area (Å²) in [6.45, 7) is 6.13. The first-order valence-corrected chi connectivity index (χ1v) is 5.18. The second kappa shape index (κ2) is 3.50. The maximum Gasteiger partial charge on any atom is 0.120 e. The zero-order chi connectivity index (χ0) is 10.2. The molecular weight excluding hydrogens is 251 g/mol. The molecule has 1 aromatic carbocycles. The van der Waals surface area contributed by atoms with Crippen LogP contribution < -0.4 is 0 Å². The maximum absolute atomic E-state index is 9.65. The lowest BCUT2D eigenvalue weighted by molar-refractivity contribution is 0.446. The first-order chi connectivity index (χ1) is 5.82. The monoisotopic (exact) mass is 262 g/mol. The van der Waals surface area contributed by atoms with Crippen molar-refractivity contribution in [2.45, 2.75) is 26.2 Å². The van der Waals surface area contributed by atoms with Gasteiger partial charge in [0, 0.05) is 10.0 Å². The van der Waals surface area contributed by atoms with E-state index in [9.17, 15) is 5.11 Å². The zero-order valence-electron chi connectivity index (χ0n) is 7.86. The van der Waals surface area contributed by atoms with Gasteiger partial charge in [0.15, 0.2) is 0 Å². The van der Waals surface area contributed by atoms with E-state index in [-0.39, 0.29) is 11.2 Å². The fourth-order valence-corrected chi connectivity index (χ4v) is 1.64. The first-order valence-electron chi connectivity index (χ1n) is 4.01. The molecule has 0 amide bonds. The van der Waals surface area contributed by atoms with Gasteiger partial charge in [0.05, 0.1) is 5.02 Å². The highest BCUT2D eigenvalue weighted by atomic mass is 79.9. The third-order valence-electron chi connectivity index (χ3n) is 1.85. The minimum absolute atomic E-state index is 0.0722. The van der Waals surface area contributed by atoms with E-state index in [1.807, 2.05) is 26.8 Å². The van der Waals surface area contributed by atoms with Crippen LogP contribution in [-0.4, -0.2) is 5.11 Å². The average Bonchev–Trinajstić information content (AvgIpc) is 1.94. The molecule has 0 fully saturated rings. The van der Waals surface area contributed by atoms with E-state index in [0.29, 0.717) is 5.02 Å². The Labute approximate surface area is 91.9 Å². The molecule has 0 aliphatic heterocycles. The molecule has 0 bridgehead atoms. The maximum atomic E-state index is 9.65. The summed E-state index contributed by atoms with van der Waals surface area (Å²) >= 11 is 9.16. The van der Waals surface area contributed by atoms with Crippen LogP contribution in [0.1, 0.15) is 26.3 Å². The Kier molecular flexibility index (Phi) is 2.93. The van der Waals surface area contributed by atoms with Gasteiger partial charge in [0.1, 0.15) is 5.75 Å². The molecule has 1 rings (SSSR count). The number of hydrogen-bond acceptors (Lipinski definition) is 1. The largest absolute Gasteiger partial charge is 0.508 e. The molecule has 0 saturated carbocycles. The third-order valence-corrected chi connectivity index (χ3v) is 3.04. The lowest BCUT2D eigenvalue weighted by Crippen LogP contribution is -2.11. The fourth-order valence-electron chi connectivity index (χ4n) is 1.14. The van der Waals surface area contributed by atoms with E-state index >= 15 is 0 Å². The van der Waals surface area contributed by atoms with Crippen molar-refractivity contribution in [2.24, 2.45) is 0 Å². The second-order valence-corrected chi connectivity index (χ2v) is 5.30. The highest BCUT2D eigenvalue weighted by molar-refractivity contribution is 9.10. The minimum atomic E-state index is -0.0722. The van der Waals surface area contributed by atoms with E-state index in [0.717, 1.165) is 10.0 Å². The number of aromatic hydroxyl groups is 1. The molecule has 0 saturated heterocycles. The van der Waals surface area contributed by atoms with Gasteiger partial charge < -0.3 is 5.11 Å². The van der Waals surface area contributed by atoms with Crippen molar-refractivity contribution in [1.29, 1.82) is 0 Å². The molecule has 1 N–H and O–H groups in total. The van der Waals surface area contributed by atoms with Gasteiger partial charge in [0.2, 0.25) is 0 Å². The summed E-state index contributed by atoms with van der Waals surface area (Å²) in [5, 5.41) is 10.2. The molecule has 0 unspecified atom stereocenters. The predicted molar refractivity (Wildman–Crippen MR) is 59.5 cm³/mol. The number of halogens is 2. The molecule has 0 radical (unpaired) electrons. The van der Waals surface area contributed by atoms with Crippen molar-refractivity contribution in [3.05, 3.63) is 27.2 Å². The van der Waals surface area contributed by atoms with Gasteiger partial charge in [-0.05, 0) is 33.5 Å². The summed E-state index contributed by atoms with van der Waals surface area (Å²) < 4.78 is 0.817. The van der Waals surface area contributed by atoms with Crippen LogP contribution in [0, 0.1) is 0 Å². The first kappa shape index (κ1) is 10.9. The smallest absolute Gasteiger partial charge is 0.120 e. The number of rotatable bonds is 0. The highest BCUT2D eigenvalue weighted by Crippen LogP contribution is 2.36. The van der Waals surface area contributed by atoms with Crippen LogP contribution in [0.3, 0.4) is 0 Å². The Morgan fingerprint density at radius 3 is 2.31 bits per heavy atom. The van der Waals surface area contributed by atoms with Gasteiger partial charge in [-0.1, -0.05) is 32.4 Å². The Morgan fingerprint density at radius 2 is 1.85 bits per heavy atom. The topological polar surface area (TPSA) is 20.2 Å². The number of phenolic OH excluding ortho intramolecular Hbond substituents is 1. The summed E-state index contributed by atoms with van der Waals surface area (Å²) in [5.41, 5.74) is 0.820. The predicted octanol–water partition coefficient (Wildman–Crippen LogP) is 4.11. The van der Waals surface area contributed by atoms with E-state index in [1.54, 1.807) is 6.07 Å². The summed E-state index contributed by atoms with van der Waals surface area (Å²) in [6.07, 6.45) is 0. The van der Waals surface area contributed by atoms with Crippen LogP contribution in [0.5, 0.6) is 5.75 Å². The fraction of sp³-hybridized carbons (Fsp3) is 0.400. The summed E-state index contributed by atoms with van der Waals surface area (Å²) in [6, 6.07) is 3.42. The SMILES string of the molecule is CC(C)(C)c1cc(Br)c(Cl)cc1O. The lowest BCUT2D eigenvalue weighted by Gasteiger charge is -2.20. The molecule has 0 spiro atoms. The van der Waals surface area contributed by atoms with Crippen LogP contribution in [0.25, 0.3) is 0 Å². The summed E-state index contributed by atoms with van der Waals surface area (Å²) in [5.74, 6) is 0.251. The Bertz CT molecular complexity index is 328. The van der Waals surface area contributed by atoms with Gasteiger partial charge in [0.25, 0.3) is 0 Å². The van der Waals surface area contributed by atoms with Crippen molar-refractivity contribution >= 4 is 27.5 Å². The van der Waals surface area contributed by atoms with Crippen molar-refractivity contribution in [1.82, 2.24) is 0 Å². The van der Waals surface area contributed by atoms with Crippen molar-refractivity contribution in [2.75, 3.05) is 0 Å². The molecule has 0 heterocycles. The second-order valence-electron chi connectivity index (χ2n) is 4.03. The molecular formula is C10H12BrClO. The minimum Gasteiger partial charge on any atom is -0.508 e. The summed E-state index contributed by atoms with van der Waals surface area (Å²) in [7, 11) is 0. The summed E-state index contributed by atoms with van der Waals surface area (Å²) in [4.78, 5) is 0. The molecule has 13 heavy (non-hydrogen) atoms. The van der Waals surface area contributed by atoms with Crippen molar-refractivity contribution in [3.63, 3.8) is 0 Å². The molecule has 0 atom stereocenters.